The number of esters is 2. The number of phosphoric acid groups is 2. The monoisotopic (exact) mass is 1020 g/mol. The van der Waals surface area contributed by atoms with Crippen LogP contribution in [-0.2, 0) is 46.3 Å². The number of hydrogen-bond donors (Lipinski definition) is 8. The summed E-state index contributed by atoms with van der Waals surface area (Å²) in [5.41, 5.74) is 4.72. The molecule has 0 spiro atoms. The van der Waals surface area contributed by atoms with Crippen molar-refractivity contribution in [2.75, 3.05) is 25.6 Å². The number of phosphoric ester groups is 2. The van der Waals surface area contributed by atoms with E-state index in [4.69, 9.17) is 29.0 Å². The summed E-state index contributed by atoms with van der Waals surface area (Å²) in [6.45, 7) is 1.40. The summed E-state index contributed by atoms with van der Waals surface area (Å²) in [4.78, 5) is 64.0. The van der Waals surface area contributed by atoms with Crippen LogP contribution in [0.3, 0.4) is 0 Å². The zero-order chi connectivity index (χ0) is 50.8. The van der Waals surface area contributed by atoms with Crippen molar-refractivity contribution in [3.63, 3.8) is 0 Å². The zero-order valence-electron chi connectivity index (χ0n) is 39.9. The van der Waals surface area contributed by atoms with Crippen LogP contribution in [0.5, 0.6) is 0 Å². The van der Waals surface area contributed by atoms with E-state index in [1.54, 1.807) is 0 Å². The predicted molar refractivity (Wildman–Crippen MR) is 254 cm³/mol. The van der Waals surface area contributed by atoms with E-state index >= 15 is 0 Å². The number of cyclic esters (lactones) is 1. The molecule has 9 N–H and O–H groups in total. The molecule has 69 heavy (non-hydrogen) atoms. The number of nitrogens with two attached hydrogens (primary N) is 1. The third-order valence-corrected chi connectivity index (χ3v) is 14.4. The largest absolute Gasteiger partial charge is 0.481 e. The molecule has 2 bridgehead atoms. The summed E-state index contributed by atoms with van der Waals surface area (Å²) in [5.74, 6) is -4.43. The quantitative estimate of drug-likeness (QED) is 0.0303. The minimum Gasteiger partial charge on any atom is -0.462 e. The van der Waals surface area contributed by atoms with Gasteiger partial charge in [0.15, 0.2) is 6.10 Å². The van der Waals surface area contributed by atoms with E-state index in [1.807, 2.05) is 6.92 Å². The van der Waals surface area contributed by atoms with Crippen molar-refractivity contribution in [1.29, 1.82) is 0 Å². The molecule has 23 heteroatoms. The first-order valence-electron chi connectivity index (χ1n) is 24.3. The Kier molecular flexibility index (Phi) is 27.9. The van der Waals surface area contributed by atoms with Gasteiger partial charge in [0.05, 0.1) is 44.1 Å². The van der Waals surface area contributed by atoms with Crippen molar-refractivity contribution in [2.45, 2.75) is 185 Å². The fourth-order valence-electron chi connectivity index (χ4n) is 7.86. The maximum Gasteiger partial charge on any atom is 0.481 e. The lowest BCUT2D eigenvalue weighted by Gasteiger charge is -2.40. The third kappa shape index (κ3) is 23.3. The predicted octanol–water partition coefficient (Wildman–Crippen LogP) is 5.60. The van der Waals surface area contributed by atoms with E-state index in [0.717, 1.165) is 62.1 Å². The van der Waals surface area contributed by atoms with E-state index in [2.05, 4.69) is 28.4 Å². The lowest BCUT2D eigenvalue weighted by molar-refractivity contribution is -0.194. The molecule has 1 aromatic rings. The average molecular weight is 1020 g/mol. The van der Waals surface area contributed by atoms with Gasteiger partial charge in [-0.05, 0) is 51.0 Å². The number of ether oxygens (including phenoxy) is 3. The summed E-state index contributed by atoms with van der Waals surface area (Å²) < 4.78 is 58.4. The van der Waals surface area contributed by atoms with Gasteiger partial charge in [0.25, 0.3) is 0 Å². The van der Waals surface area contributed by atoms with E-state index in [-0.39, 0.29) is 18.7 Å². The number of carbonyl (C=O) groups excluding carboxylic acids is 2. The van der Waals surface area contributed by atoms with Crippen LogP contribution in [0, 0.1) is 11.8 Å². The van der Waals surface area contributed by atoms with Crippen LogP contribution in [0.25, 0.3) is 0 Å². The Morgan fingerprint density at radius 1 is 0.884 bits per heavy atom. The van der Waals surface area contributed by atoms with Crippen LogP contribution in [-0.4, -0.2) is 119 Å². The first-order valence-corrected chi connectivity index (χ1v) is 27.2. The fourth-order valence-corrected chi connectivity index (χ4v) is 9.97. The highest BCUT2D eigenvalue weighted by atomic mass is 31.3. The molecule has 0 aliphatic carbocycles. The Morgan fingerprint density at radius 3 is 2.20 bits per heavy atom. The molecule has 0 saturated carbocycles. The van der Waals surface area contributed by atoms with Gasteiger partial charge in [-0.2, -0.15) is 9.29 Å². The lowest BCUT2D eigenvalue weighted by atomic mass is 9.82. The zero-order valence-corrected chi connectivity index (χ0v) is 41.7. The maximum absolute atomic E-state index is 13.3. The second-order valence-corrected chi connectivity index (χ2v) is 20.6. The number of aliphatic hydroxyl groups is 5. The highest BCUT2D eigenvalue weighted by Crippen LogP contribution is 2.60. The van der Waals surface area contributed by atoms with Crippen molar-refractivity contribution in [3.8, 4) is 0 Å². The summed E-state index contributed by atoms with van der Waals surface area (Å²) in [5, 5.41) is 57.2. The number of fused-ring (bicyclic) bond motifs is 3. The number of carbonyl (C=O) groups is 2. The van der Waals surface area contributed by atoms with Crippen molar-refractivity contribution in [2.24, 2.45) is 11.8 Å². The Balaban J connectivity index is 1.84. The molecule has 3 rings (SSSR count). The van der Waals surface area contributed by atoms with Gasteiger partial charge in [-0.25, -0.2) is 13.9 Å². The fraction of sp³-hybridized carbons (Fsp3) is 0.739. The second-order valence-electron chi connectivity index (χ2n) is 17.6. The van der Waals surface area contributed by atoms with E-state index in [1.165, 1.54) is 56.1 Å². The molecule has 1 aromatic heterocycles. The molecular formula is C46H77N3O18P2. The topological polar surface area (TPSA) is 326 Å². The molecule has 0 amide bonds. The highest BCUT2D eigenvalue weighted by molar-refractivity contribution is 7.61. The van der Waals surface area contributed by atoms with Gasteiger partial charge >= 0.3 is 33.3 Å². The molecule has 1 saturated heterocycles. The number of rotatable bonds is 22. The van der Waals surface area contributed by atoms with E-state index in [9.17, 15) is 58.8 Å². The van der Waals surface area contributed by atoms with Gasteiger partial charge < -0.3 is 55.3 Å². The Bertz CT molecular complexity index is 1920. The highest BCUT2D eigenvalue weighted by Gasteiger charge is 2.45. The van der Waals surface area contributed by atoms with Crippen molar-refractivity contribution >= 4 is 33.4 Å². The summed E-state index contributed by atoms with van der Waals surface area (Å²) in [6.07, 6.45) is 10.4. The van der Waals surface area contributed by atoms with Crippen molar-refractivity contribution in [3.05, 3.63) is 59.2 Å². The SMILES string of the molecule is CCCCCC/C=C\CCCCCCCC(=O)OC[C@@H]1COP(=O)(O)OP(=O)(O)OC[C@H]2O[C@@H](n3ccc(N)nc3=O)[C@H](C/C=C\CC(=O)O1)[C@@H](O)C[C@@H](O)[C@H](C=C[C@H](O)CCCCC)[C@H](O)[C@@H]2O. The van der Waals surface area contributed by atoms with Gasteiger partial charge in [-0.1, -0.05) is 108 Å². The number of nitrogens with zero attached hydrogens (tertiary/aromatic N) is 2. The minimum absolute atomic E-state index is 0.0498. The minimum atomic E-state index is -5.69. The number of nitrogen functional groups attached to an aromatic ring is 1. The molecule has 0 radical (unpaired) electrons. The second kappa shape index (κ2) is 32.0. The molecular weight excluding hydrogens is 944 g/mol. The van der Waals surface area contributed by atoms with Gasteiger partial charge in [0.1, 0.15) is 30.9 Å². The van der Waals surface area contributed by atoms with Crippen LogP contribution >= 0.6 is 15.6 Å². The smallest absolute Gasteiger partial charge is 0.462 e. The molecule has 21 nitrogen and oxygen atoms in total. The Hall–Kier alpha value is -3.14. The third-order valence-electron chi connectivity index (χ3n) is 11.8. The molecule has 12 atom stereocenters. The van der Waals surface area contributed by atoms with Crippen LogP contribution in [0.1, 0.15) is 142 Å². The van der Waals surface area contributed by atoms with Gasteiger partial charge in [0, 0.05) is 30.9 Å². The number of aromatic nitrogens is 2. The van der Waals surface area contributed by atoms with Crippen LogP contribution in [0.2, 0.25) is 0 Å². The molecule has 394 valence electrons. The summed E-state index contributed by atoms with van der Waals surface area (Å²) in [7, 11) is -11.3. The van der Waals surface area contributed by atoms with E-state index < -0.39 is 127 Å². The molecule has 0 aromatic carbocycles. The standard InChI is InChI=1S/C46H77N3O18P2/c1-3-5-7-8-9-10-11-12-13-14-15-16-18-23-41(53)62-30-34-31-63-68(58,59)67-69(60,61)64-32-39-44(56)43(55)35(26-25-33(50)21-17-6-4-2)37(51)29-38(52)36(22-19-20-24-42(54)65-34)45(66-39)49-28-27-40(47)48-46(49)57/h10-11,19-20,25-28,33-39,43-45,50-52,55-56H,3-9,12-18,21-24,29-32H2,1-2H3,(H,58,59)(H,60,61)(H2,47,48,57)/b11-10-,20-19-,26-25?/t33-,34-,35+,36-,37-,38+,39-,43+,44-,45-/m1/s1. The Morgan fingerprint density at radius 2 is 1.52 bits per heavy atom. The normalized spacial score (nSPS) is 31.2. The number of anilines is 1. The van der Waals surface area contributed by atoms with Gasteiger partial charge in [0.2, 0.25) is 0 Å². The lowest BCUT2D eigenvalue weighted by Crippen LogP contribution is -2.52. The summed E-state index contributed by atoms with van der Waals surface area (Å²) in [6, 6.07) is 1.22. The Labute approximate surface area is 404 Å². The van der Waals surface area contributed by atoms with Crippen molar-refractivity contribution < 1.29 is 81.6 Å². The molecule has 2 aliphatic rings. The maximum atomic E-state index is 13.3. The number of aliphatic hydroxyl groups excluding tert-OH is 5. The molecule has 1 fully saturated rings. The van der Waals surface area contributed by atoms with Crippen LogP contribution < -0.4 is 11.4 Å². The number of unbranched alkanes of at least 4 members (excludes halogenated alkanes) is 11. The molecule has 3 heterocycles. The average Bonchev–Trinajstić information content (AvgIpc) is 3.28. The molecule has 2 aliphatic heterocycles. The van der Waals surface area contributed by atoms with Crippen LogP contribution in [0.15, 0.2) is 53.5 Å². The summed E-state index contributed by atoms with van der Waals surface area (Å²) >= 11 is 0. The van der Waals surface area contributed by atoms with Crippen LogP contribution in [0.4, 0.5) is 5.82 Å². The van der Waals surface area contributed by atoms with Gasteiger partial charge in [-0.15, -0.1) is 0 Å². The van der Waals surface area contributed by atoms with Gasteiger partial charge in [-0.3, -0.25) is 23.2 Å². The first kappa shape index (κ1) is 60.2. The van der Waals surface area contributed by atoms with Crippen molar-refractivity contribution in [1.82, 2.24) is 9.55 Å². The molecule has 2 unspecified atom stereocenters. The number of hydrogen-bond acceptors (Lipinski definition) is 18. The number of allylic oxidation sites excluding steroid dienone is 3. The first-order chi connectivity index (χ1) is 32.9. The van der Waals surface area contributed by atoms with E-state index in [0.29, 0.717) is 19.3 Å².